The molecule has 19 heavy (non-hydrogen) atoms. The number of ether oxygens (including phenoxy) is 2. The van der Waals surface area contributed by atoms with E-state index < -0.39 is 35.4 Å². The lowest BCUT2D eigenvalue weighted by atomic mass is 10.1. The van der Waals surface area contributed by atoms with E-state index in [1.807, 2.05) is 4.98 Å². The van der Waals surface area contributed by atoms with Crippen molar-refractivity contribution in [1.82, 2.24) is 9.55 Å². The third kappa shape index (κ3) is 2.44. The summed E-state index contributed by atoms with van der Waals surface area (Å²) in [6.45, 7) is 6.51. The number of rotatable bonds is 2. The molecule has 1 N–H and O–H groups in total. The van der Waals surface area contributed by atoms with Crippen molar-refractivity contribution in [2.75, 3.05) is 0 Å². The normalized spacial score (nSPS) is 30.6. The number of aromatic nitrogens is 2. The summed E-state index contributed by atoms with van der Waals surface area (Å²) in [5, 5.41) is 0. The van der Waals surface area contributed by atoms with Crippen LogP contribution >= 0.6 is 0 Å². The number of hydrogen-bond acceptors (Lipinski definition) is 5. The first-order chi connectivity index (χ1) is 9.25. The van der Waals surface area contributed by atoms with E-state index in [2.05, 4.69) is 6.58 Å². The van der Waals surface area contributed by atoms with Gasteiger partial charge in [-0.25, -0.2) is 4.79 Å². The van der Waals surface area contributed by atoms with E-state index in [-0.39, 0.29) is 5.76 Å². The average molecular weight is 267 g/mol. The van der Waals surface area contributed by atoms with Gasteiger partial charge in [-0.2, -0.15) is 0 Å². The molecule has 2 rings (SSSR count). The first kappa shape index (κ1) is 11.8. The van der Waals surface area contributed by atoms with E-state index in [9.17, 15) is 14.4 Å². The number of carbonyl (C=O) groups excluding carboxylic acids is 1. The first-order valence-electron chi connectivity index (χ1n) is 6.13. The number of hydrogen-bond donors (Lipinski definition) is 1. The van der Waals surface area contributed by atoms with Gasteiger partial charge in [-0.15, -0.1) is 0 Å². The van der Waals surface area contributed by atoms with Crippen LogP contribution in [-0.2, 0) is 14.3 Å². The third-order valence-corrected chi connectivity index (χ3v) is 2.80. The zero-order valence-electron chi connectivity index (χ0n) is 11.5. The SMILES string of the molecule is [2H][C@@]1(n2ccc(=O)[nH]c2=O)OC(=C)[C@@H](C)[C@H]1OC(C)=O. The molecule has 0 aliphatic carbocycles. The van der Waals surface area contributed by atoms with Crippen molar-refractivity contribution >= 4 is 5.97 Å². The fourth-order valence-electron chi connectivity index (χ4n) is 1.78. The Labute approximate surface area is 109 Å². The summed E-state index contributed by atoms with van der Waals surface area (Å²) in [6.07, 6.45) is -1.92. The Hall–Kier alpha value is -2.31. The van der Waals surface area contributed by atoms with Crippen LogP contribution in [0.2, 0.25) is 0 Å². The highest BCUT2D eigenvalue weighted by molar-refractivity contribution is 5.66. The molecule has 2 heterocycles. The monoisotopic (exact) mass is 267 g/mol. The number of nitrogens with one attached hydrogen (secondary N) is 1. The molecule has 1 aliphatic heterocycles. The van der Waals surface area contributed by atoms with Gasteiger partial charge in [0.25, 0.3) is 5.56 Å². The molecule has 0 spiro atoms. The molecule has 0 bridgehead atoms. The fourth-order valence-corrected chi connectivity index (χ4v) is 1.78. The number of esters is 1. The lowest BCUT2D eigenvalue weighted by Crippen LogP contribution is -2.37. The van der Waals surface area contributed by atoms with Crippen LogP contribution in [-0.4, -0.2) is 21.6 Å². The predicted octanol–water partition coefficient (Wildman–Crippen LogP) is 0.147. The Balaban J connectivity index is 2.55. The molecule has 0 unspecified atom stereocenters. The Morgan fingerprint density at radius 2 is 2.32 bits per heavy atom. The zero-order valence-corrected chi connectivity index (χ0v) is 10.5. The minimum Gasteiger partial charge on any atom is -0.471 e. The maximum absolute atomic E-state index is 11.8. The van der Waals surface area contributed by atoms with Crippen LogP contribution < -0.4 is 11.2 Å². The summed E-state index contributed by atoms with van der Waals surface area (Å²) in [4.78, 5) is 36.1. The summed E-state index contributed by atoms with van der Waals surface area (Å²) in [5.74, 6) is -0.839. The van der Waals surface area contributed by atoms with Crippen molar-refractivity contribution in [3.8, 4) is 0 Å². The number of H-pyrrole nitrogens is 1. The molecule has 1 saturated heterocycles. The molecule has 1 aromatic rings. The Morgan fingerprint density at radius 1 is 1.63 bits per heavy atom. The van der Waals surface area contributed by atoms with Crippen LogP contribution in [0.15, 0.2) is 34.2 Å². The molecule has 7 heteroatoms. The van der Waals surface area contributed by atoms with Crippen LogP contribution in [0.5, 0.6) is 0 Å². The van der Waals surface area contributed by atoms with Crippen molar-refractivity contribution in [3.63, 3.8) is 0 Å². The molecule has 1 fully saturated rings. The molecule has 0 radical (unpaired) electrons. The lowest BCUT2D eigenvalue weighted by Gasteiger charge is -2.21. The molecule has 0 saturated carbocycles. The smallest absolute Gasteiger partial charge is 0.331 e. The van der Waals surface area contributed by atoms with Crippen LogP contribution in [0.4, 0.5) is 0 Å². The van der Waals surface area contributed by atoms with Gasteiger partial charge in [0.15, 0.2) is 6.10 Å². The van der Waals surface area contributed by atoms with Gasteiger partial charge in [0.1, 0.15) is 1.37 Å². The minimum atomic E-state index is -2.00. The Bertz CT molecular complexity index is 679. The molecule has 7 nitrogen and oxygen atoms in total. The minimum absolute atomic E-state index is 0.226. The molecular formula is C12H14N2O5. The van der Waals surface area contributed by atoms with Gasteiger partial charge in [0, 0.05) is 19.2 Å². The Kier molecular flexibility index (Phi) is 2.94. The summed E-state index contributed by atoms with van der Waals surface area (Å²) in [5.41, 5.74) is -1.42. The number of nitrogens with zero attached hydrogens (tertiary/aromatic N) is 1. The molecule has 1 aliphatic rings. The number of carbonyl (C=O) groups is 1. The lowest BCUT2D eigenvalue weighted by molar-refractivity contribution is -0.153. The van der Waals surface area contributed by atoms with E-state index in [4.69, 9.17) is 10.8 Å². The molecule has 0 amide bonds. The van der Waals surface area contributed by atoms with Gasteiger partial charge in [0.2, 0.25) is 6.20 Å². The Morgan fingerprint density at radius 3 is 2.89 bits per heavy atom. The summed E-state index contributed by atoms with van der Waals surface area (Å²) < 4.78 is 19.6. The quantitative estimate of drug-likeness (QED) is 0.770. The van der Waals surface area contributed by atoms with E-state index in [0.29, 0.717) is 0 Å². The van der Waals surface area contributed by atoms with Crippen molar-refractivity contribution in [2.24, 2.45) is 5.92 Å². The van der Waals surface area contributed by atoms with Gasteiger partial charge >= 0.3 is 11.7 Å². The highest BCUT2D eigenvalue weighted by Gasteiger charge is 2.42. The fraction of sp³-hybridized carbons (Fsp3) is 0.417. The highest BCUT2D eigenvalue weighted by atomic mass is 16.6. The van der Waals surface area contributed by atoms with Gasteiger partial charge in [-0.3, -0.25) is 19.1 Å². The predicted molar refractivity (Wildman–Crippen MR) is 65.3 cm³/mol. The van der Waals surface area contributed by atoms with Crippen LogP contribution in [0.25, 0.3) is 0 Å². The largest absolute Gasteiger partial charge is 0.471 e. The van der Waals surface area contributed by atoms with Gasteiger partial charge in [-0.05, 0) is 0 Å². The maximum Gasteiger partial charge on any atom is 0.331 e. The third-order valence-electron chi connectivity index (χ3n) is 2.80. The van der Waals surface area contributed by atoms with E-state index in [0.717, 1.165) is 16.8 Å². The van der Waals surface area contributed by atoms with Gasteiger partial charge in [0.05, 0.1) is 11.7 Å². The second-order valence-corrected chi connectivity index (χ2v) is 4.21. The first-order valence-corrected chi connectivity index (χ1v) is 5.63. The van der Waals surface area contributed by atoms with Crippen molar-refractivity contribution in [2.45, 2.75) is 26.2 Å². The standard InChI is InChI=1S/C12H14N2O5/c1-6-7(2)18-11(10(6)19-8(3)15)14-5-4-9(16)13-12(14)17/h4-6,10-11H,2H2,1,3H3,(H,13,16,17)/t6-,10-,11-/m1/s1/i11D. The van der Waals surface area contributed by atoms with Gasteiger partial charge < -0.3 is 9.47 Å². The summed E-state index contributed by atoms with van der Waals surface area (Å²) >= 11 is 0. The van der Waals surface area contributed by atoms with Crippen molar-refractivity contribution < 1.29 is 15.6 Å². The zero-order chi connectivity index (χ0) is 15.1. The highest BCUT2D eigenvalue weighted by Crippen LogP contribution is 2.36. The topological polar surface area (TPSA) is 90.4 Å². The van der Waals surface area contributed by atoms with Gasteiger partial charge in [-0.1, -0.05) is 13.5 Å². The van der Waals surface area contributed by atoms with E-state index in [1.165, 1.54) is 6.92 Å². The number of aromatic amines is 1. The molecular weight excluding hydrogens is 252 g/mol. The summed E-state index contributed by atoms with van der Waals surface area (Å²) in [6, 6.07) is 1.08. The average Bonchev–Trinajstić information content (AvgIpc) is 2.53. The maximum atomic E-state index is 11.8. The second kappa shape index (κ2) is 4.75. The van der Waals surface area contributed by atoms with E-state index in [1.54, 1.807) is 6.92 Å². The molecule has 0 aromatic carbocycles. The van der Waals surface area contributed by atoms with Crippen LogP contribution in [0, 0.1) is 5.92 Å². The molecule has 3 atom stereocenters. The van der Waals surface area contributed by atoms with Crippen molar-refractivity contribution in [1.29, 1.82) is 0 Å². The molecule has 102 valence electrons. The van der Waals surface area contributed by atoms with E-state index >= 15 is 0 Å². The summed E-state index contributed by atoms with van der Waals surface area (Å²) in [7, 11) is 0. The van der Waals surface area contributed by atoms with Crippen LogP contribution in [0.1, 0.15) is 21.4 Å². The molecule has 1 aromatic heterocycles. The second-order valence-electron chi connectivity index (χ2n) is 4.21. The van der Waals surface area contributed by atoms with Crippen LogP contribution in [0.3, 0.4) is 0 Å². The van der Waals surface area contributed by atoms with Crippen molar-refractivity contribution in [3.05, 3.63) is 45.4 Å².